The van der Waals surface area contributed by atoms with Crippen molar-refractivity contribution in [2.24, 2.45) is 5.73 Å². The molecule has 0 bridgehead atoms. The molecule has 0 radical (unpaired) electrons. The Labute approximate surface area is 169 Å². The Hall–Kier alpha value is -2.42. The van der Waals surface area contributed by atoms with Crippen molar-refractivity contribution < 1.29 is 19.1 Å². The second-order valence-corrected chi connectivity index (χ2v) is 7.68. The fourth-order valence-electron chi connectivity index (χ4n) is 3.14. The average molecular weight is 409 g/mol. The Bertz CT molecular complexity index is 707. The lowest BCUT2D eigenvalue weighted by molar-refractivity contribution is -0.149. The van der Waals surface area contributed by atoms with Gasteiger partial charge < -0.3 is 26.0 Å². The first-order valence-electron chi connectivity index (χ1n) is 9.27. The summed E-state index contributed by atoms with van der Waals surface area (Å²) in [6, 6.07) is 4.08. The Balaban J connectivity index is 1.86. The first-order chi connectivity index (χ1) is 13.4. The molecule has 8 nitrogen and oxygen atoms in total. The van der Waals surface area contributed by atoms with Crippen LogP contribution in [0.25, 0.3) is 0 Å². The maximum atomic E-state index is 12.1. The van der Waals surface area contributed by atoms with E-state index in [1.807, 2.05) is 31.4 Å². The van der Waals surface area contributed by atoms with Crippen LogP contribution in [0, 0.1) is 6.92 Å². The molecule has 0 aromatic heterocycles. The van der Waals surface area contributed by atoms with Gasteiger partial charge in [0.25, 0.3) is 5.91 Å². The number of esters is 1. The van der Waals surface area contributed by atoms with Crippen LogP contribution in [0.3, 0.4) is 0 Å². The van der Waals surface area contributed by atoms with Gasteiger partial charge in [-0.05, 0) is 62.0 Å². The summed E-state index contributed by atoms with van der Waals surface area (Å²) in [5.41, 5.74) is 7.99. The van der Waals surface area contributed by atoms with Gasteiger partial charge in [0.1, 0.15) is 6.04 Å². The average Bonchev–Trinajstić information content (AvgIpc) is 3.17. The van der Waals surface area contributed by atoms with E-state index in [4.69, 9.17) is 10.5 Å². The van der Waals surface area contributed by atoms with Crippen LogP contribution in [0.5, 0.6) is 0 Å². The third kappa shape index (κ3) is 6.63. The SMILES string of the molecule is CSCC[C@H](NC(N)=O)C(=O)OCC(=O)Nc1ccc(N2CCCC2)c(C)c1. The topological polar surface area (TPSA) is 114 Å². The van der Waals surface area contributed by atoms with Crippen molar-refractivity contribution >= 4 is 41.0 Å². The highest BCUT2D eigenvalue weighted by molar-refractivity contribution is 7.98. The van der Waals surface area contributed by atoms with Gasteiger partial charge in [-0.15, -0.1) is 0 Å². The molecular formula is C19H28N4O4S. The van der Waals surface area contributed by atoms with Gasteiger partial charge in [-0.2, -0.15) is 11.8 Å². The summed E-state index contributed by atoms with van der Waals surface area (Å²) in [6.45, 7) is 3.69. The molecule has 1 fully saturated rings. The van der Waals surface area contributed by atoms with E-state index in [0.29, 0.717) is 17.9 Å². The molecule has 28 heavy (non-hydrogen) atoms. The molecule has 1 atom stereocenters. The van der Waals surface area contributed by atoms with Crippen LogP contribution >= 0.6 is 11.8 Å². The largest absolute Gasteiger partial charge is 0.454 e. The number of nitrogens with zero attached hydrogens (tertiary/aromatic N) is 1. The molecule has 1 heterocycles. The number of thioether (sulfide) groups is 1. The van der Waals surface area contributed by atoms with Crippen LogP contribution in [0.15, 0.2) is 18.2 Å². The summed E-state index contributed by atoms with van der Waals surface area (Å²) in [4.78, 5) is 37.6. The monoisotopic (exact) mass is 408 g/mol. The molecule has 0 saturated carbocycles. The highest BCUT2D eigenvalue weighted by Crippen LogP contribution is 2.26. The van der Waals surface area contributed by atoms with Crippen molar-refractivity contribution in [3.05, 3.63) is 23.8 Å². The van der Waals surface area contributed by atoms with Crippen LogP contribution in [0.4, 0.5) is 16.2 Å². The second-order valence-electron chi connectivity index (χ2n) is 6.69. The quantitative estimate of drug-likeness (QED) is 0.538. The maximum Gasteiger partial charge on any atom is 0.329 e. The summed E-state index contributed by atoms with van der Waals surface area (Å²) in [5.74, 6) is -0.470. The number of nitrogens with two attached hydrogens (primary N) is 1. The third-order valence-corrected chi connectivity index (χ3v) is 5.13. The highest BCUT2D eigenvalue weighted by Gasteiger charge is 2.22. The number of carbonyl (C=O) groups is 3. The van der Waals surface area contributed by atoms with E-state index in [9.17, 15) is 14.4 Å². The van der Waals surface area contributed by atoms with Gasteiger partial charge in [0, 0.05) is 24.5 Å². The normalized spacial score (nSPS) is 14.4. The predicted octanol–water partition coefficient (Wildman–Crippen LogP) is 1.87. The lowest BCUT2D eigenvalue weighted by Gasteiger charge is -2.20. The zero-order valence-corrected chi connectivity index (χ0v) is 17.1. The van der Waals surface area contributed by atoms with Gasteiger partial charge in [0.05, 0.1) is 0 Å². The first-order valence-corrected chi connectivity index (χ1v) is 10.7. The van der Waals surface area contributed by atoms with E-state index in [1.54, 1.807) is 0 Å². The Morgan fingerprint density at radius 3 is 2.61 bits per heavy atom. The van der Waals surface area contributed by atoms with E-state index in [-0.39, 0.29) is 0 Å². The van der Waals surface area contributed by atoms with E-state index in [2.05, 4.69) is 15.5 Å². The minimum atomic E-state index is -0.861. The molecular weight excluding hydrogens is 380 g/mol. The molecule has 0 aliphatic carbocycles. The third-order valence-electron chi connectivity index (χ3n) is 4.48. The molecule has 4 N–H and O–H groups in total. The fraction of sp³-hybridized carbons (Fsp3) is 0.526. The molecule has 1 aliphatic rings. The van der Waals surface area contributed by atoms with E-state index in [1.165, 1.54) is 30.3 Å². The van der Waals surface area contributed by atoms with Crippen LogP contribution < -0.4 is 21.3 Å². The maximum absolute atomic E-state index is 12.1. The summed E-state index contributed by atoms with van der Waals surface area (Å²) < 4.78 is 5.03. The summed E-state index contributed by atoms with van der Waals surface area (Å²) >= 11 is 1.53. The smallest absolute Gasteiger partial charge is 0.329 e. The van der Waals surface area contributed by atoms with Crippen molar-refractivity contribution in [3.8, 4) is 0 Å². The molecule has 1 saturated heterocycles. The number of nitrogens with one attached hydrogen (secondary N) is 2. The van der Waals surface area contributed by atoms with Gasteiger partial charge in [-0.3, -0.25) is 4.79 Å². The van der Waals surface area contributed by atoms with Crippen molar-refractivity contribution in [2.45, 2.75) is 32.2 Å². The zero-order valence-electron chi connectivity index (χ0n) is 16.3. The number of urea groups is 1. The van der Waals surface area contributed by atoms with Crippen LogP contribution in [0.2, 0.25) is 0 Å². The lowest BCUT2D eigenvalue weighted by Crippen LogP contribution is -2.45. The molecule has 3 amide bonds. The zero-order chi connectivity index (χ0) is 20.5. The van der Waals surface area contributed by atoms with Crippen molar-refractivity contribution in [1.29, 1.82) is 0 Å². The molecule has 0 spiro atoms. The molecule has 1 aromatic rings. The van der Waals surface area contributed by atoms with Gasteiger partial charge in [0.15, 0.2) is 6.61 Å². The minimum absolute atomic E-state index is 0.377. The molecule has 1 aliphatic heterocycles. The summed E-state index contributed by atoms with van der Waals surface area (Å²) in [5, 5.41) is 5.07. The number of hydrogen-bond acceptors (Lipinski definition) is 6. The number of anilines is 2. The first kappa shape index (κ1) is 21.9. The molecule has 9 heteroatoms. The van der Waals surface area contributed by atoms with Gasteiger partial charge in [-0.1, -0.05) is 0 Å². The van der Waals surface area contributed by atoms with Crippen molar-refractivity contribution in [1.82, 2.24) is 5.32 Å². The number of aryl methyl sites for hydroxylation is 1. The standard InChI is InChI=1S/C19H28N4O4S/c1-13-11-14(5-6-16(13)23-8-3-4-9-23)21-17(24)12-27-18(25)15(7-10-28-2)22-19(20)26/h5-6,11,15H,3-4,7-10,12H2,1-2H3,(H,21,24)(H3,20,22,26)/t15-/m0/s1. The second kappa shape index (κ2) is 10.8. The van der Waals surface area contributed by atoms with Crippen LogP contribution in [0.1, 0.15) is 24.8 Å². The molecule has 1 aromatic carbocycles. The van der Waals surface area contributed by atoms with Gasteiger partial charge in [-0.25, -0.2) is 9.59 Å². The molecule has 0 unspecified atom stereocenters. The van der Waals surface area contributed by atoms with Gasteiger partial charge >= 0.3 is 12.0 Å². The van der Waals surface area contributed by atoms with E-state index < -0.39 is 30.6 Å². The van der Waals surface area contributed by atoms with Crippen LogP contribution in [-0.2, 0) is 14.3 Å². The Morgan fingerprint density at radius 1 is 1.29 bits per heavy atom. The van der Waals surface area contributed by atoms with Crippen LogP contribution in [-0.4, -0.2) is 55.7 Å². The number of hydrogen-bond donors (Lipinski definition) is 3. The molecule has 2 rings (SSSR count). The summed E-state index contributed by atoms with van der Waals surface area (Å²) in [7, 11) is 0. The van der Waals surface area contributed by atoms with Gasteiger partial charge in [0.2, 0.25) is 0 Å². The number of amides is 3. The summed E-state index contributed by atoms with van der Waals surface area (Å²) in [6.07, 6.45) is 4.66. The number of rotatable bonds is 9. The van der Waals surface area contributed by atoms with Crippen molar-refractivity contribution in [2.75, 3.05) is 41.9 Å². The predicted molar refractivity (Wildman–Crippen MR) is 112 cm³/mol. The molecule has 154 valence electrons. The van der Waals surface area contributed by atoms with E-state index in [0.717, 1.165) is 18.7 Å². The number of carbonyl (C=O) groups excluding carboxylic acids is 3. The number of benzene rings is 1. The Morgan fingerprint density at radius 2 is 2.00 bits per heavy atom. The van der Waals surface area contributed by atoms with Crippen molar-refractivity contribution in [3.63, 3.8) is 0 Å². The Kier molecular flexibility index (Phi) is 8.43. The highest BCUT2D eigenvalue weighted by atomic mass is 32.2. The number of primary amides is 1. The number of ether oxygens (including phenoxy) is 1. The lowest BCUT2D eigenvalue weighted by atomic mass is 10.1. The van der Waals surface area contributed by atoms with E-state index >= 15 is 0 Å². The fourth-order valence-corrected chi connectivity index (χ4v) is 3.61. The minimum Gasteiger partial charge on any atom is -0.454 e.